The van der Waals surface area contributed by atoms with Gasteiger partial charge in [0.25, 0.3) is 0 Å². The molecule has 0 aromatic carbocycles. The number of nitrogens with one attached hydrogen (secondary N) is 1. The number of thiophene rings is 1. The number of methoxy groups -OCH3 is 1. The Morgan fingerprint density at radius 3 is 2.82 bits per heavy atom. The van der Waals surface area contributed by atoms with Crippen molar-refractivity contribution < 1.29 is 4.74 Å². The van der Waals surface area contributed by atoms with Crippen molar-refractivity contribution >= 4 is 27.3 Å². The van der Waals surface area contributed by atoms with E-state index in [1.807, 2.05) is 13.1 Å². The molecule has 1 unspecified atom stereocenters. The van der Waals surface area contributed by atoms with E-state index >= 15 is 0 Å². The molecule has 2 rings (SSSR count). The molecular formula is C12H13BrN2OS. The van der Waals surface area contributed by atoms with E-state index in [4.69, 9.17) is 4.74 Å². The number of rotatable bonds is 4. The van der Waals surface area contributed by atoms with Crippen molar-refractivity contribution in [2.75, 3.05) is 14.2 Å². The van der Waals surface area contributed by atoms with Gasteiger partial charge in [0.1, 0.15) is 5.75 Å². The van der Waals surface area contributed by atoms with Crippen molar-refractivity contribution in [1.29, 1.82) is 0 Å². The van der Waals surface area contributed by atoms with Crippen LogP contribution in [0.4, 0.5) is 0 Å². The first kappa shape index (κ1) is 12.5. The Morgan fingerprint density at radius 1 is 1.41 bits per heavy atom. The molecule has 0 saturated carbocycles. The second-order valence-electron chi connectivity index (χ2n) is 3.51. The average molecular weight is 313 g/mol. The van der Waals surface area contributed by atoms with Crippen molar-refractivity contribution in [3.05, 3.63) is 44.8 Å². The third kappa shape index (κ3) is 2.51. The Bertz CT molecular complexity index is 501. The zero-order valence-corrected chi connectivity index (χ0v) is 12.0. The Labute approximate surface area is 113 Å². The summed E-state index contributed by atoms with van der Waals surface area (Å²) in [7, 11) is 3.60. The fourth-order valence-corrected chi connectivity index (χ4v) is 3.33. The summed E-state index contributed by atoms with van der Waals surface area (Å²) < 4.78 is 6.46. The van der Waals surface area contributed by atoms with Gasteiger partial charge in [-0.3, -0.25) is 4.98 Å². The van der Waals surface area contributed by atoms with Gasteiger partial charge in [0.2, 0.25) is 0 Å². The summed E-state index contributed by atoms with van der Waals surface area (Å²) in [5, 5.41) is 7.51. The Kier molecular flexibility index (Phi) is 4.15. The summed E-state index contributed by atoms with van der Waals surface area (Å²) in [6, 6.07) is 2.08. The van der Waals surface area contributed by atoms with Gasteiger partial charge in [0.05, 0.1) is 19.3 Å². The van der Waals surface area contributed by atoms with Gasteiger partial charge in [-0.05, 0) is 40.0 Å². The Morgan fingerprint density at radius 2 is 2.24 bits per heavy atom. The van der Waals surface area contributed by atoms with Crippen LogP contribution < -0.4 is 10.1 Å². The zero-order valence-electron chi connectivity index (χ0n) is 9.61. The molecule has 1 atom stereocenters. The summed E-state index contributed by atoms with van der Waals surface area (Å²) in [6.45, 7) is 0. The molecule has 3 nitrogen and oxygen atoms in total. The number of pyridine rings is 1. The van der Waals surface area contributed by atoms with E-state index in [9.17, 15) is 0 Å². The van der Waals surface area contributed by atoms with E-state index in [2.05, 4.69) is 37.0 Å². The molecule has 1 N–H and O–H groups in total. The maximum Gasteiger partial charge on any atom is 0.142 e. The third-order valence-electron chi connectivity index (χ3n) is 2.59. The van der Waals surface area contributed by atoms with E-state index < -0.39 is 0 Å². The molecule has 0 aliphatic heterocycles. The molecule has 90 valence electrons. The van der Waals surface area contributed by atoms with E-state index in [0.717, 1.165) is 15.8 Å². The SMILES string of the molecule is CNC(c1cscc1Br)c1ccncc1OC. The summed E-state index contributed by atoms with van der Waals surface area (Å²) in [4.78, 5) is 4.07. The Balaban J connectivity index is 2.46. The highest BCUT2D eigenvalue weighted by molar-refractivity contribution is 9.10. The van der Waals surface area contributed by atoms with Crippen LogP contribution in [0.25, 0.3) is 0 Å². The number of aromatic nitrogens is 1. The van der Waals surface area contributed by atoms with Crippen molar-refractivity contribution in [3.63, 3.8) is 0 Å². The van der Waals surface area contributed by atoms with E-state index in [1.165, 1.54) is 5.56 Å². The predicted octanol–water partition coefficient (Wildman–Crippen LogP) is 3.22. The zero-order chi connectivity index (χ0) is 12.3. The van der Waals surface area contributed by atoms with Gasteiger partial charge in [0.15, 0.2) is 0 Å². The molecule has 2 aromatic heterocycles. The highest BCUT2D eigenvalue weighted by Crippen LogP contribution is 2.34. The monoisotopic (exact) mass is 312 g/mol. The number of hydrogen-bond acceptors (Lipinski definition) is 4. The maximum absolute atomic E-state index is 5.35. The lowest BCUT2D eigenvalue weighted by Crippen LogP contribution is -2.18. The quantitative estimate of drug-likeness (QED) is 0.941. The first-order valence-electron chi connectivity index (χ1n) is 5.14. The van der Waals surface area contributed by atoms with E-state index in [0.29, 0.717) is 0 Å². The molecule has 0 aliphatic carbocycles. The van der Waals surface area contributed by atoms with Gasteiger partial charge in [-0.2, -0.15) is 11.3 Å². The molecule has 0 amide bonds. The normalized spacial score (nSPS) is 12.4. The van der Waals surface area contributed by atoms with E-state index in [-0.39, 0.29) is 6.04 Å². The highest BCUT2D eigenvalue weighted by atomic mass is 79.9. The van der Waals surface area contributed by atoms with Crippen molar-refractivity contribution in [3.8, 4) is 5.75 Å². The van der Waals surface area contributed by atoms with Crippen LogP contribution >= 0.6 is 27.3 Å². The van der Waals surface area contributed by atoms with Crippen LogP contribution in [0.5, 0.6) is 5.75 Å². The van der Waals surface area contributed by atoms with Crippen molar-refractivity contribution in [1.82, 2.24) is 10.3 Å². The Hall–Kier alpha value is -0.910. The number of nitrogens with zero attached hydrogens (tertiary/aromatic N) is 1. The van der Waals surface area contributed by atoms with Gasteiger partial charge < -0.3 is 10.1 Å². The van der Waals surface area contributed by atoms with Gasteiger partial charge in [0, 0.05) is 21.6 Å². The molecule has 0 radical (unpaired) electrons. The molecule has 2 aromatic rings. The van der Waals surface area contributed by atoms with Crippen LogP contribution in [0.15, 0.2) is 33.7 Å². The lowest BCUT2D eigenvalue weighted by molar-refractivity contribution is 0.403. The number of halogens is 1. The van der Waals surface area contributed by atoms with Gasteiger partial charge >= 0.3 is 0 Å². The fraction of sp³-hybridized carbons (Fsp3) is 0.250. The second kappa shape index (κ2) is 5.62. The number of ether oxygens (including phenoxy) is 1. The topological polar surface area (TPSA) is 34.2 Å². The molecule has 0 spiro atoms. The van der Waals surface area contributed by atoms with Crippen LogP contribution in [0.1, 0.15) is 17.2 Å². The minimum atomic E-state index is 0.105. The smallest absolute Gasteiger partial charge is 0.142 e. The summed E-state index contributed by atoms with van der Waals surface area (Å²) in [5.41, 5.74) is 2.30. The van der Waals surface area contributed by atoms with Gasteiger partial charge in [-0.1, -0.05) is 0 Å². The van der Waals surface area contributed by atoms with E-state index in [1.54, 1.807) is 30.8 Å². The number of hydrogen-bond donors (Lipinski definition) is 1. The summed E-state index contributed by atoms with van der Waals surface area (Å²) in [5.74, 6) is 0.796. The first-order valence-corrected chi connectivity index (χ1v) is 6.88. The van der Waals surface area contributed by atoms with Gasteiger partial charge in [-0.15, -0.1) is 0 Å². The minimum absolute atomic E-state index is 0.105. The molecule has 0 aliphatic rings. The van der Waals surface area contributed by atoms with Crippen LogP contribution in [0.2, 0.25) is 0 Å². The average Bonchev–Trinajstić information content (AvgIpc) is 2.78. The predicted molar refractivity (Wildman–Crippen MR) is 73.7 cm³/mol. The molecule has 5 heteroatoms. The summed E-state index contributed by atoms with van der Waals surface area (Å²) >= 11 is 5.24. The molecule has 0 fully saturated rings. The standard InChI is InChI=1S/C12H13BrN2OS/c1-14-12(9-6-17-7-10(9)13)8-3-4-15-5-11(8)16-2/h3-7,12,14H,1-2H3. The third-order valence-corrected chi connectivity index (χ3v) is 4.34. The minimum Gasteiger partial charge on any atom is -0.495 e. The van der Waals surface area contributed by atoms with Crippen molar-refractivity contribution in [2.45, 2.75) is 6.04 Å². The van der Waals surface area contributed by atoms with Crippen LogP contribution in [0, 0.1) is 0 Å². The van der Waals surface area contributed by atoms with Crippen LogP contribution in [-0.2, 0) is 0 Å². The van der Waals surface area contributed by atoms with Gasteiger partial charge in [-0.25, -0.2) is 0 Å². The second-order valence-corrected chi connectivity index (χ2v) is 5.11. The largest absolute Gasteiger partial charge is 0.495 e. The lowest BCUT2D eigenvalue weighted by Gasteiger charge is -2.18. The maximum atomic E-state index is 5.35. The first-order chi connectivity index (χ1) is 8.27. The van der Waals surface area contributed by atoms with Crippen LogP contribution in [-0.4, -0.2) is 19.1 Å². The fourth-order valence-electron chi connectivity index (χ4n) is 1.78. The molecule has 2 heterocycles. The lowest BCUT2D eigenvalue weighted by atomic mass is 10.0. The summed E-state index contributed by atoms with van der Waals surface area (Å²) in [6.07, 6.45) is 3.52. The molecule has 0 saturated heterocycles. The molecular weight excluding hydrogens is 300 g/mol. The molecule has 17 heavy (non-hydrogen) atoms. The van der Waals surface area contributed by atoms with Crippen molar-refractivity contribution in [2.24, 2.45) is 0 Å². The highest BCUT2D eigenvalue weighted by Gasteiger charge is 2.19. The van der Waals surface area contributed by atoms with Crippen LogP contribution in [0.3, 0.4) is 0 Å². The molecule has 0 bridgehead atoms.